The Morgan fingerprint density at radius 1 is 1.14 bits per heavy atom. The molecule has 110 valence electrons. The van der Waals surface area contributed by atoms with Crippen molar-refractivity contribution in [2.24, 2.45) is 0 Å². The zero-order valence-corrected chi connectivity index (χ0v) is 12.5. The van der Waals surface area contributed by atoms with Gasteiger partial charge >= 0.3 is 0 Å². The molecule has 2 aromatic carbocycles. The van der Waals surface area contributed by atoms with E-state index in [1.165, 1.54) is 0 Å². The van der Waals surface area contributed by atoms with Crippen LogP contribution in [0.5, 0.6) is 5.75 Å². The van der Waals surface area contributed by atoms with Crippen LogP contribution >= 0.6 is 0 Å². The molecule has 2 aromatic rings. The Labute approximate surface area is 124 Å². The number of rotatable bonds is 4. The highest BCUT2D eigenvalue weighted by atomic mass is 16.5. The van der Waals surface area contributed by atoms with Gasteiger partial charge in [-0.3, -0.25) is 4.79 Å². The molecule has 4 heteroatoms. The van der Waals surface area contributed by atoms with Crippen molar-refractivity contribution in [3.63, 3.8) is 0 Å². The number of hydrogen-bond donors (Lipinski definition) is 2. The van der Waals surface area contributed by atoms with Crippen LogP contribution in [0.15, 0.2) is 48.5 Å². The van der Waals surface area contributed by atoms with Crippen molar-refractivity contribution >= 4 is 17.3 Å². The number of carbonyl (C=O) groups is 1. The smallest absolute Gasteiger partial charge is 0.234 e. The van der Waals surface area contributed by atoms with Gasteiger partial charge in [-0.1, -0.05) is 30.3 Å². The molecule has 0 bridgehead atoms. The maximum Gasteiger partial charge on any atom is 0.234 e. The van der Waals surface area contributed by atoms with Crippen LogP contribution < -0.4 is 15.8 Å². The zero-order valence-electron chi connectivity index (χ0n) is 12.5. The van der Waals surface area contributed by atoms with E-state index in [1.54, 1.807) is 25.3 Å². The topological polar surface area (TPSA) is 64.3 Å². The summed E-state index contributed by atoms with van der Waals surface area (Å²) in [4.78, 5) is 12.6. The third-order valence-corrected chi connectivity index (χ3v) is 3.54. The second kappa shape index (κ2) is 5.87. The largest absolute Gasteiger partial charge is 0.494 e. The van der Waals surface area contributed by atoms with Gasteiger partial charge in [0.25, 0.3) is 0 Å². The second-order valence-corrected chi connectivity index (χ2v) is 5.40. The van der Waals surface area contributed by atoms with Crippen LogP contribution in [0.25, 0.3) is 0 Å². The van der Waals surface area contributed by atoms with Crippen LogP contribution in [-0.4, -0.2) is 13.0 Å². The fourth-order valence-electron chi connectivity index (χ4n) is 2.08. The van der Waals surface area contributed by atoms with Crippen molar-refractivity contribution in [1.82, 2.24) is 0 Å². The number of hydrogen-bond acceptors (Lipinski definition) is 3. The van der Waals surface area contributed by atoms with Crippen molar-refractivity contribution in [3.8, 4) is 5.75 Å². The molecule has 0 aromatic heterocycles. The Bertz CT molecular complexity index is 636. The predicted octanol–water partition coefficient (Wildman–Crippen LogP) is 3.19. The molecule has 0 aliphatic carbocycles. The predicted molar refractivity (Wildman–Crippen MR) is 85.5 cm³/mol. The van der Waals surface area contributed by atoms with E-state index in [9.17, 15) is 4.79 Å². The van der Waals surface area contributed by atoms with Gasteiger partial charge in [-0.05, 0) is 31.5 Å². The van der Waals surface area contributed by atoms with Gasteiger partial charge in [-0.15, -0.1) is 0 Å². The van der Waals surface area contributed by atoms with Crippen LogP contribution in [0.4, 0.5) is 11.4 Å². The highest BCUT2D eigenvalue weighted by molar-refractivity contribution is 5.99. The van der Waals surface area contributed by atoms with E-state index in [0.29, 0.717) is 17.1 Å². The van der Waals surface area contributed by atoms with Gasteiger partial charge in [0.15, 0.2) is 0 Å². The van der Waals surface area contributed by atoms with E-state index in [2.05, 4.69) is 5.32 Å². The van der Waals surface area contributed by atoms with E-state index in [0.717, 1.165) is 5.56 Å². The van der Waals surface area contributed by atoms with Gasteiger partial charge in [-0.25, -0.2) is 0 Å². The van der Waals surface area contributed by atoms with E-state index in [4.69, 9.17) is 10.5 Å². The Hall–Kier alpha value is -2.49. The molecule has 0 fully saturated rings. The maximum absolute atomic E-state index is 12.6. The molecular formula is C17H20N2O2. The van der Waals surface area contributed by atoms with Gasteiger partial charge in [0, 0.05) is 11.8 Å². The summed E-state index contributed by atoms with van der Waals surface area (Å²) in [6.07, 6.45) is 0. The van der Waals surface area contributed by atoms with Gasteiger partial charge in [0.2, 0.25) is 5.91 Å². The number of nitrogen functional groups attached to an aromatic ring is 1. The Kier molecular flexibility index (Phi) is 4.17. The van der Waals surface area contributed by atoms with E-state index < -0.39 is 5.41 Å². The molecule has 21 heavy (non-hydrogen) atoms. The van der Waals surface area contributed by atoms with E-state index in [1.807, 2.05) is 44.2 Å². The minimum atomic E-state index is -0.645. The van der Waals surface area contributed by atoms with Gasteiger partial charge in [-0.2, -0.15) is 0 Å². The number of methoxy groups -OCH3 is 1. The molecule has 0 saturated heterocycles. The summed E-state index contributed by atoms with van der Waals surface area (Å²) < 4.78 is 5.25. The SMILES string of the molecule is COc1cc(N)ccc1NC(=O)C(C)(C)c1ccccc1. The number of amides is 1. The molecule has 2 rings (SSSR count). The average molecular weight is 284 g/mol. The molecular weight excluding hydrogens is 264 g/mol. The van der Waals surface area contributed by atoms with Gasteiger partial charge in [0.1, 0.15) is 5.75 Å². The molecule has 0 spiro atoms. The summed E-state index contributed by atoms with van der Waals surface area (Å²) in [6, 6.07) is 14.8. The lowest BCUT2D eigenvalue weighted by atomic mass is 9.83. The van der Waals surface area contributed by atoms with Gasteiger partial charge in [0.05, 0.1) is 18.2 Å². The summed E-state index contributed by atoms with van der Waals surface area (Å²) in [5, 5.41) is 2.91. The van der Waals surface area contributed by atoms with Crippen LogP contribution in [0.3, 0.4) is 0 Å². The Morgan fingerprint density at radius 2 is 1.81 bits per heavy atom. The molecule has 0 unspecified atom stereocenters. The number of benzene rings is 2. The summed E-state index contributed by atoms with van der Waals surface area (Å²) in [7, 11) is 1.55. The standard InChI is InChI=1S/C17H20N2O2/c1-17(2,12-7-5-4-6-8-12)16(20)19-14-10-9-13(18)11-15(14)21-3/h4-11H,18H2,1-3H3,(H,19,20). The third kappa shape index (κ3) is 3.16. The summed E-state index contributed by atoms with van der Waals surface area (Å²) in [5.41, 5.74) is 7.23. The third-order valence-electron chi connectivity index (χ3n) is 3.54. The summed E-state index contributed by atoms with van der Waals surface area (Å²) in [6.45, 7) is 3.78. The first-order valence-corrected chi connectivity index (χ1v) is 6.75. The number of carbonyl (C=O) groups excluding carboxylic acids is 1. The quantitative estimate of drug-likeness (QED) is 0.847. The van der Waals surface area contributed by atoms with E-state index >= 15 is 0 Å². The molecule has 0 saturated carbocycles. The van der Waals surface area contributed by atoms with Crippen LogP contribution in [0.1, 0.15) is 19.4 Å². The number of ether oxygens (including phenoxy) is 1. The fourth-order valence-corrected chi connectivity index (χ4v) is 2.08. The highest BCUT2D eigenvalue weighted by Gasteiger charge is 2.30. The first kappa shape index (κ1) is 14.9. The first-order valence-electron chi connectivity index (χ1n) is 6.75. The van der Waals surface area contributed by atoms with Crippen molar-refractivity contribution in [1.29, 1.82) is 0 Å². The summed E-state index contributed by atoms with van der Waals surface area (Å²) in [5.74, 6) is 0.448. The monoisotopic (exact) mass is 284 g/mol. The minimum absolute atomic E-state index is 0.100. The fraction of sp³-hybridized carbons (Fsp3) is 0.235. The summed E-state index contributed by atoms with van der Waals surface area (Å²) >= 11 is 0. The lowest BCUT2D eigenvalue weighted by Crippen LogP contribution is -2.34. The van der Waals surface area contributed by atoms with Crippen LogP contribution in [-0.2, 0) is 10.2 Å². The highest BCUT2D eigenvalue weighted by Crippen LogP contribution is 2.30. The molecule has 3 N–H and O–H groups in total. The molecule has 0 radical (unpaired) electrons. The lowest BCUT2D eigenvalue weighted by Gasteiger charge is -2.24. The Balaban J connectivity index is 2.26. The maximum atomic E-state index is 12.6. The first-order chi connectivity index (χ1) is 9.95. The number of nitrogens with two attached hydrogens (primary N) is 1. The number of nitrogens with one attached hydrogen (secondary N) is 1. The average Bonchev–Trinajstić information content (AvgIpc) is 2.49. The normalized spacial score (nSPS) is 11.0. The van der Waals surface area contributed by atoms with Crippen molar-refractivity contribution in [2.75, 3.05) is 18.2 Å². The molecule has 0 heterocycles. The molecule has 0 aliphatic heterocycles. The van der Waals surface area contributed by atoms with Crippen LogP contribution in [0, 0.1) is 0 Å². The molecule has 1 amide bonds. The Morgan fingerprint density at radius 3 is 2.43 bits per heavy atom. The minimum Gasteiger partial charge on any atom is -0.494 e. The van der Waals surface area contributed by atoms with Crippen molar-refractivity contribution in [2.45, 2.75) is 19.3 Å². The van der Waals surface area contributed by atoms with Crippen molar-refractivity contribution in [3.05, 3.63) is 54.1 Å². The van der Waals surface area contributed by atoms with Crippen molar-refractivity contribution < 1.29 is 9.53 Å². The van der Waals surface area contributed by atoms with Gasteiger partial charge < -0.3 is 15.8 Å². The number of anilines is 2. The molecule has 0 aliphatic rings. The molecule has 4 nitrogen and oxygen atoms in total. The van der Waals surface area contributed by atoms with Crippen LogP contribution in [0.2, 0.25) is 0 Å². The van der Waals surface area contributed by atoms with E-state index in [-0.39, 0.29) is 5.91 Å². The lowest BCUT2D eigenvalue weighted by molar-refractivity contribution is -0.120. The zero-order chi connectivity index (χ0) is 15.5. The molecule has 0 atom stereocenters. The second-order valence-electron chi connectivity index (χ2n) is 5.40.